The number of hydrogen-bond acceptors (Lipinski definition) is 3. The number of carbonyl (C=O) groups is 1. The molecule has 0 spiro atoms. The Morgan fingerprint density at radius 2 is 1.89 bits per heavy atom. The van der Waals surface area contributed by atoms with Gasteiger partial charge < -0.3 is 5.32 Å². The van der Waals surface area contributed by atoms with Crippen LogP contribution in [0, 0.1) is 0 Å². The van der Waals surface area contributed by atoms with Gasteiger partial charge in [0.25, 0.3) is 5.91 Å². The van der Waals surface area contributed by atoms with Gasteiger partial charge in [0.2, 0.25) is 0 Å². The molecule has 0 saturated heterocycles. The molecule has 0 atom stereocenters. The van der Waals surface area contributed by atoms with E-state index in [1.165, 1.54) is 5.56 Å². The third kappa shape index (κ3) is 2.47. The number of nitrogens with zero attached hydrogens (tertiary/aromatic N) is 2. The minimum atomic E-state index is -0.0664. The van der Waals surface area contributed by atoms with E-state index >= 15 is 0 Å². The van der Waals surface area contributed by atoms with E-state index in [2.05, 4.69) is 21.4 Å². The van der Waals surface area contributed by atoms with Gasteiger partial charge in [0.1, 0.15) is 0 Å². The van der Waals surface area contributed by atoms with Crippen molar-refractivity contribution >= 4 is 5.91 Å². The summed E-state index contributed by atoms with van der Waals surface area (Å²) in [6.07, 6.45) is 9.11. The van der Waals surface area contributed by atoms with Crippen molar-refractivity contribution in [3.63, 3.8) is 0 Å². The summed E-state index contributed by atoms with van der Waals surface area (Å²) >= 11 is 0. The fraction of sp³-hybridized carbons (Fsp3) is 0.267. The first kappa shape index (κ1) is 11.8. The Hall–Kier alpha value is -2.23. The fourth-order valence-corrected chi connectivity index (χ4v) is 2.24. The highest BCUT2D eigenvalue weighted by Gasteiger charge is 2.44. The molecule has 1 fully saturated rings. The second-order valence-corrected chi connectivity index (χ2v) is 4.95. The number of aromatic nitrogens is 2. The summed E-state index contributed by atoms with van der Waals surface area (Å²) in [4.78, 5) is 20.1. The average Bonchev–Trinajstić information content (AvgIpc) is 3.28. The van der Waals surface area contributed by atoms with Crippen molar-refractivity contribution in [3.8, 4) is 0 Å². The molecule has 0 aliphatic heterocycles. The van der Waals surface area contributed by atoms with E-state index < -0.39 is 0 Å². The molecule has 3 rings (SSSR count). The van der Waals surface area contributed by atoms with Crippen molar-refractivity contribution in [3.05, 3.63) is 60.2 Å². The standard InChI is InChI=1S/C15H15N3O/c19-14(12-3-1-7-16-9-12)18-11-15(5-6-15)13-4-2-8-17-10-13/h1-4,7-10H,5-6,11H2,(H,18,19). The maximum atomic E-state index is 12.0. The van der Waals surface area contributed by atoms with Crippen LogP contribution in [0.5, 0.6) is 0 Å². The van der Waals surface area contributed by atoms with E-state index in [1.54, 1.807) is 30.7 Å². The summed E-state index contributed by atoms with van der Waals surface area (Å²) in [6, 6.07) is 7.56. The van der Waals surface area contributed by atoms with Crippen LogP contribution in [-0.4, -0.2) is 22.4 Å². The van der Waals surface area contributed by atoms with Crippen LogP contribution < -0.4 is 5.32 Å². The first-order valence-electron chi connectivity index (χ1n) is 6.39. The van der Waals surface area contributed by atoms with Crippen LogP contribution in [0.1, 0.15) is 28.8 Å². The van der Waals surface area contributed by atoms with Gasteiger partial charge in [-0.3, -0.25) is 14.8 Å². The first-order chi connectivity index (χ1) is 9.30. The zero-order valence-corrected chi connectivity index (χ0v) is 10.5. The molecular weight excluding hydrogens is 238 g/mol. The topological polar surface area (TPSA) is 54.9 Å². The lowest BCUT2D eigenvalue weighted by molar-refractivity contribution is 0.0949. The summed E-state index contributed by atoms with van der Waals surface area (Å²) < 4.78 is 0. The number of rotatable bonds is 4. The lowest BCUT2D eigenvalue weighted by Crippen LogP contribution is -2.32. The van der Waals surface area contributed by atoms with Crippen LogP contribution in [-0.2, 0) is 5.41 Å². The molecule has 1 aliphatic rings. The van der Waals surface area contributed by atoms with E-state index in [9.17, 15) is 4.79 Å². The molecule has 1 amide bonds. The Balaban J connectivity index is 1.66. The Kier molecular flexibility index (Phi) is 2.99. The zero-order chi connectivity index (χ0) is 13.1. The fourth-order valence-electron chi connectivity index (χ4n) is 2.24. The Labute approximate surface area is 111 Å². The minimum absolute atomic E-state index is 0.0664. The van der Waals surface area contributed by atoms with Gasteiger partial charge in [0.15, 0.2) is 0 Å². The van der Waals surface area contributed by atoms with Gasteiger partial charge in [0.05, 0.1) is 5.56 Å². The van der Waals surface area contributed by atoms with E-state index in [0.29, 0.717) is 12.1 Å². The van der Waals surface area contributed by atoms with Crippen molar-refractivity contribution in [1.82, 2.24) is 15.3 Å². The van der Waals surface area contributed by atoms with Crippen LogP contribution in [0.25, 0.3) is 0 Å². The Bertz CT molecular complexity index is 564. The van der Waals surface area contributed by atoms with Crippen molar-refractivity contribution in [2.24, 2.45) is 0 Å². The van der Waals surface area contributed by atoms with Crippen molar-refractivity contribution in [2.75, 3.05) is 6.54 Å². The molecule has 19 heavy (non-hydrogen) atoms. The van der Waals surface area contributed by atoms with Gasteiger partial charge in [-0.2, -0.15) is 0 Å². The number of hydrogen-bond donors (Lipinski definition) is 1. The second kappa shape index (κ2) is 4.80. The quantitative estimate of drug-likeness (QED) is 0.906. The van der Waals surface area contributed by atoms with Crippen molar-refractivity contribution in [2.45, 2.75) is 18.3 Å². The van der Waals surface area contributed by atoms with Crippen molar-refractivity contribution in [1.29, 1.82) is 0 Å². The van der Waals surface area contributed by atoms with Gasteiger partial charge in [-0.15, -0.1) is 0 Å². The molecule has 0 radical (unpaired) electrons. The third-order valence-corrected chi connectivity index (χ3v) is 3.64. The Morgan fingerprint density at radius 3 is 2.47 bits per heavy atom. The second-order valence-electron chi connectivity index (χ2n) is 4.95. The zero-order valence-electron chi connectivity index (χ0n) is 10.5. The van der Waals surface area contributed by atoms with E-state index in [4.69, 9.17) is 0 Å². The number of carbonyl (C=O) groups excluding carboxylic acids is 1. The summed E-state index contributed by atoms with van der Waals surface area (Å²) in [5, 5.41) is 2.99. The predicted octanol–water partition coefficient (Wildman–Crippen LogP) is 1.94. The lowest BCUT2D eigenvalue weighted by Gasteiger charge is -2.16. The molecule has 2 aromatic rings. The third-order valence-electron chi connectivity index (χ3n) is 3.64. The lowest BCUT2D eigenvalue weighted by atomic mass is 9.98. The molecule has 4 nitrogen and oxygen atoms in total. The molecule has 0 bridgehead atoms. The van der Waals surface area contributed by atoms with Gasteiger partial charge in [-0.1, -0.05) is 6.07 Å². The number of amides is 1. The van der Waals surface area contributed by atoms with Crippen LogP contribution in [0.2, 0.25) is 0 Å². The normalized spacial score (nSPS) is 15.8. The van der Waals surface area contributed by atoms with E-state index in [1.807, 2.05) is 12.3 Å². The Morgan fingerprint density at radius 1 is 1.16 bits per heavy atom. The first-order valence-corrected chi connectivity index (χ1v) is 6.39. The summed E-state index contributed by atoms with van der Waals surface area (Å²) in [5.74, 6) is -0.0664. The summed E-state index contributed by atoms with van der Waals surface area (Å²) in [5.41, 5.74) is 1.90. The van der Waals surface area contributed by atoms with Gasteiger partial charge >= 0.3 is 0 Å². The highest BCUT2D eigenvalue weighted by atomic mass is 16.1. The predicted molar refractivity (Wildman–Crippen MR) is 71.7 cm³/mol. The molecule has 2 heterocycles. The van der Waals surface area contributed by atoms with Crippen molar-refractivity contribution < 1.29 is 4.79 Å². The molecule has 1 N–H and O–H groups in total. The van der Waals surface area contributed by atoms with Gasteiger partial charge in [0, 0.05) is 36.7 Å². The van der Waals surface area contributed by atoms with Crippen LogP contribution in [0.3, 0.4) is 0 Å². The van der Waals surface area contributed by atoms with Crippen LogP contribution >= 0.6 is 0 Å². The van der Waals surface area contributed by atoms with E-state index in [0.717, 1.165) is 12.8 Å². The van der Waals surface area contributed by atoms with Gasteiger partial charge in [-0.25, -0.2) is 0 Å². The molecule has 4 heteroatoms. The largest absolute Gasteiger partial charge is 0.351 e. The smallest absolute Gasteiger partial charge is 0.252 e. The monoisotopic (exact) mass is 253 g/mol. The molecule has 0 aromatic carbocycles. The minimum Gasteiger partial charge on any atom is -0.351 e. The summed E-state index contributed by atoms with van der Waals surface area (Å²) in [7, 11) is 0. The summed E-state index contributed by atoms with van der Waals surface area (Å²) in [6.45, 7) is 0.659. The molecular formula is C15H15N3O. The molecule has 1 saturated carbocycles. The maximum absolute atomic E-state index is 12.0. The number of pyridine rings is 2. The molecule has 1 aliphatic carbocycles. The molecule has 0 unspecified atom stereocenters. The highest BCUT2D eigenvalue weighted by Crippen LogP contribution is 2.47. The van der Waals surface area contributed by atoms with Crippen LogP contribution in [0.4, 0.5) is 0 Å². The number of nitrogens with one attached hydrogen (secondary N) is 1. The van der Waals surface area contributed by atoms with E-state index in [-0.39, 0.29) is 11.3 Å². The molecule has 96 valence electrons. The van der Waals surface area contributed by atoms with Gasteiger partial charge in [-0.05, 0) is 36.6 Å². The SMILES string of the molecule is O=C(NCC1(c2cccnc2)CC1)c1cccnc1. The van der Waals surface area contributed by atoms with Crippen LogP contribution in [0.15, 0.2) is 49.1 Å². The average molecular weight is 253 g/mol. The molecule has 2 aromatic heterocycles. The highest BCUT2D eigenvalue weighted by molar-refractivity contribution is 5.93. The maximum Gasteiger partial charge on any atom is 0.252 e.